The third kappa shape index (κ3) is 4.45. The van der Waals surface area contributed by atoms with Crippen LogP contribution < -0.4 is 30.3 Å². The molecule has 1 amide bonds. The molecule has 1 aliphatic carbocycles. The quantitative estimate of drug-likeness (QED) is 0.702. The van der Waals surface area contributed by atoms with E-state index >= 15 is 0 Å². The molecule has 0 aromatic heterocycles. The van der Waals surface area contributed by atoms with Gasteiger partial charge in [0.1, 0.15) is 0 Å². The van der Waals surface area contributed by atoms with Crippen LogP contribution in [0.15, 0.2) is 29.1 Å². The van der Waals surface area contributed by atoms with E-state index in [1.54, 1.807) is 33.5 Å². The highest BCUT2D eigenvalue weighted by atomic mass is 16.5. The molecule has 7 heteroatoms. The van der Waals surface area contributed by atoms with Gasteiger partial charge in [-0.05, 0) is 54.2 Å². The van der Waals surface area contributed by atoms with Gasteiger partial charge in [0.05, 0.1) is 33.1 Å². The number of ether oxygens (including phenoxy) is 3. The maximum atomic E-state index is 12.8. The molecule has 31 heavy (non-hydrogen) atoms. The van der Waals surface area contributed by atoms with Gasteiger partial charge in [-0.15, -0.1) is 0 Å². The first-order valence-corrected chi connectivity index (χ1v) is 10.5. The smallest absolute Gasteiger partial charge is 0.217 e. The van der Waals surface area contributed by atoms with E-state index in [0.29, 0.717) is 42.3 Å². The second-order valence-corrected chi connectivity index (χ2v) is 7.52. The van der Waals surface area contributed by atoms with E-state index in [1.807, 2.05) is 19.1 Å². The molecule has 0 bridgehead atoms. The minimum Gasteiger partial charge on any atom is -0.493 e. The Morgan fingerprint density at radius 1 is 1.10 bits per heavy atom. The third-order valence-electron chi connectivity index (χ3n) is 5.48. The lowest BCUT2D eigenvalue weighted by Crippen LogP contribution is -2.26. The van der Waals surface area contributed by atoms with Crippen LogP contribution >= 0.6 is 0 Å². The summed E-state index contributed by atoms with van der Waals surface area (Å²) >= 11 is 0. The average molecular weight is 427 g/mol. The molecular weight excluding hydrogens is 396 g/mol. The molecule has 0 fully saturated rings. The number of methoxy groups -OCH3 is 3. The van der Waals surface area contributed by atoms with Gasteiger partial charge in [0.2, 0.25) is 17.1 Å². The molecule has 0 spiro atoms. The van der Waals surface area contributed by atoms with Gasteiger partial charge in [-0.25, -0.2) is 0 Å². The number of nitrogens with one attached hydrogen (secondary N) is 2. The lowest BCUT2D eigenvalue weighted by atomic mass is 9.95. The SMILES string of the molecule is CCCNc1cc2c(ccc1=O)[C@@H](NC(C)=O)CCc1cc(OC)c(OC)c(OC)c1-2. The van der Waals surface area contributed by atoms with Crippen molar-refractivity contribution < 1.29 is 19.0 Å². The number of hydrogen-bond donors (Lipinski definition) is 2. The van der Waals surface area contributed by atoms with Crippen molar-refractivity contribution in [3.63, 3.8) is 0 Å². The highest BCUT2D eigenvalue weighted by Gasteiger charge is 2.29. The van der Waals surface area contributed by atoms with Crippen LogP contribution in [-0.4, -0.2) is 33.8 Å². The predicted octanol–water partition coefficient (Wildman–Crippen LogP) is 3.68. The predicted molar refractivity (Wildman–Crippen MR) is 121 cm³/mol. The van der Waals surface area contributed by atoms with Crippen LogP contribution in [0.5, 0.6) is 17.2 Å². The molecule has 166 valence electrons. The van der Waals surface area contributed by atoms with Gasteiger partial charge in [0.15, 0.2) is 11.5 Å². The normalized spacial score (nSPS) is 14.5. The topological polar surface area (TPSA) is 85.9 Å². The number of aryl methyl sites for hydroxylation is 1. The Kier molecular flexibility index (Phi) is 7.05. The van der Waals surface area contributed by atoms with Crippen molar-refractivity contribution in [2.24, 2.45) is 0 Å². The molecule has 2 aromatic carbocycles. The summed E-state index contributed by atoms with van der Waals surface area (Å²) in [4.78, 5) is 24.7. The first kappa shape index (κ1) is 22.5. The number of amides is 1. The molecular formula is C24H30N2O5. The van der Waals surface area contributed by atoms with Gasteiger partial charge in [-0.1, -0.05) is 13.0 Å². The number of carbonyl (C=O) groups excluding carboxylic acids is 1. The lowest BCUT2D eigenvalue weighted by molar-refractivity contribution is -0.119. The van der Waals surface area contributed by atoms with E-state index in [-0.39, 0.29) is 17.4 Å². The van der Waals surface area contributed by atoms with Crippen LogP contribution in [0.4, 0.5) is 5.69 Å². The second-order valence-electron chi connectivity index (χ2n) is 7.52. The molecule has 0 heterocycles. The Morgan fingerprint density at radius 2 is 1.84 bits per heavy atom. The van der Waals surface area contributed by atoms with Gasteiger partial charge in [-0.2, -0.15) is 0 Å². The van der Waals surface area contributed by atoms with E-state index in [4.69, 9.17) is 14.2 Å². The molecule has 1 atom stereocenters. The first-order chi connectivity index (χ1) is 14.9. The monoisotopic (exact) mass is 426 g/mol. The molecule has 1 aliphatic rings. The van der Waals surface area contributed by atoms with Gasteiger partial charge < -0.3 is 24.8 Å². The van der Waals surface area contributed by atoms with Gasteiger partial charge in [0.25, 0.3) is 0 Å². The Hall–Kier alpha value is -3.22. The highest BCUT2D eigenvalue weighted by molar-refractivity contribution is 5.84. The van der Waals surface area contributed by atoms with Crippen molar-refractivity contribution in [1.82, 2.24) is 5.32 Å². The zero-order valence-electron chi connectivity index (χ0n) is 18.8. The lowest BCUT2D eigenvalue weighted by Gasteiger charge is -2.20. The maximum absolute atomic E-state index is 12.8. The summed E-state index contributed by atoms with van der Waals surface area (Å²) in [6.45, 7) is 4.23. The van der Waals surface area contributed by atoms with Crippen LogP contribution in [0.25, 0.3) is 11.1 Å². The zero-order chi connectivity index (χ0) is 22.5. The summed E-state index contributed by atoms with van der Waals surface area (Å²) in [6.07, 6.45) is 2.26. The van der Waals surface area contributed by atoms with Crippen LogP contribution in [0.1, 0.15) is 43.9 Å². The van der Waals surface area contributed by atoms with E-state index in [2.05, 4.69) is 10.6 Å². The summed E-state index contributed by atoms with van der Waals surface area (Å²) in [5, 5.41) is 6.27. The van der Waals surface area contributed by atoms with E-state index in [1.165, 1.54) is 6.92 Å². The summed E-state index contributed by atoms with van der Waals surface area (Å²) in [5.74, 6) is 1.49. The number of fused-ring (bicyclic) bond motifs is 3. The Morgan fingerprint density at radius 3 is 2.45 bits per heavy atom. The number of hydrogen-bond acceptors (Lipinski definition) is 6. The van der Waals surface area contributed by atoms with E-state index in [9.17, 15) is 9.59 Å². The van der Waals surface area contributed by atoms with Crippen molar-refractivity contribution in [3.05, 3.63) is 45.6 Å². The van der Waals surface area contributed by atoms with Crippen molar-refractivity contribution in [2.75, 3.05) is 33.2 Å². The summed E-state index contributed by atoms with van der Waals surface area (Å²) < 4.78 is 17.0. The fourth-order valence-electron chi connectivity index (χ4n) is 4.11. The van der Waals surface area contributed by atoms with Crippen LogP contribution in [0.2, 0.25) is 0 Å². The molecule has 0 saturated carbocycles. The molecule has 7 nitrogen and oxygen atoms in total. The minimum absolute atomic E-state index is 0.107. The second kappa shape index (κ2) is 9.73. The minimum atomic E-state index is -0.243. The van der Waals surface area contributed by atoms with E-state index < -0.39 is 0 Å². The van der Waals surface area contributed by atoms with Gasteiger partial charge in [-0.3, -0.25) is 9.59 Å². The fourth-order valence-corrected chi connectivity index (χ4v) is 4.11. The molecule has 0 saturated heterocycles. The molecule has 0 radical (unpaired) electrons. The number of rotatable bonds is 7. The molecule has 2 N–H and O–H groups in total. The molecule has 0 aliphatic heterocycles. The fraction of sp³-hybridized carbons (Fsp3) is 0.417. The Balaban J connectivity index is 2.39. The van der Waals surface area contributed by atoms with Gasteiger partial charge in [0, 0.05) is 19.0 Å². The largest absolute Gasteiger partial charge is 0.493 e. The van der Waals surface area contributed by atoms with Crippen molar-refractivity contribution in [2.45, 2.75) is 39.2 Å². The van der Waals surface area contributed by atoms with E-state index in [0.717, 1.165) is 28.7 Å². The number of carbonyl (C=O) groups is 1. The highest BCUT2D eigenvalue weighted by Crippen LogP contribution is 2.50. The van der Waals surface area contributed by atoms with Gasteiger partial charge >= 0.3 is 0 Å². The van der Waals surface area contributed by atoms with Crippen LogP contribution in [0, 0.1) is 0 Å². The Labute approximate surface area is 182 Å². The Bertz CT molecular complexity index is 1040. The van der Waals surface area contributed by atoms with Crippen molar-refractivity contribution in [3.8, 4) is 28.4 Å². The standard InChI is InChI=1S/C24H30N2O5/c1-6-11-25-19-13-17-16(8-10-20(19)28)18(26-14(2)27)9-7-15-12-21(29-3)23(30-4)24(31-5)22(15)17/h8,10,12-13,18H,6-7,9,11H2,1-5H3,(H,25,28)(H,26,27)/t18-/m0/s1. The first-order valence-electron chi connectivity index (χ1n) is 10.5. The molecule has 2 aromatic rings. The number of anilines is 1. The molecule has 3 rings (SSSR count). The number of benzene rings is 1. The summed E-state index contributed by atoms with van der Waals surface area (Å²) in [7, 11) is 4.75. The van der Waals surface area contributed by atoms with Crippen LogP contribution in [-0.2, 0) is 11.2 Å². The maximum Gasteiger partial charge on any atom is 0.217 e. The van der Waals surface area contributed by atoms with Crippen molar-refractivity contribution in [1.29, 1.82) is 0 Å². The average Bonchev–Trinajstić information content (AvgIpc) is 3.00. The zero-order valence-corrected chi connectivity index (χ0v) is 18.8. The summed E-state index contributed by atoms with van der Waals surface area (Å²) in [5.41, 5.74) is 3.94. The van der Waals surface area contributed by atoms with Crippen LogP contribution in [0.3, 0.4) is 0 Å². The molecule has 0 unspecified atom stereocenters. The van der Waals surface area contributed by atoms with Crippen molar-refractivity contribution >= 4 is 11.6 Å². The summed E-state index contributed by atoms with van der Waals surface area (Å²) in [6, 6.07) is 6.93. The third-order valence-corrected chi connectivity index (χ3v) is 5.48.